The average Bonchev–Trinajstić information content (AvgIpc) is 1.87. The standard InChI is InChI=1S/C8H23NSi2/c1-7(2)10(5)9-11(6)8(3)4/h7-11H,1-6H3. The third-order valence-electron chi connectivity index (χ3n) is 2.53. The molecule has 0 amide bonds. The van der Waals surface area contributed by atoms with Gasteiger partial charge in [0.1, 0.15) is 17.9 Å². The van der Waals surface area contributed by atoms with Crippen molar-refractivity contribution in [3.05, 3.63) is 0 Å². The zero-order valence-electron chi connectivity index (χ0n) is 8.81. The molecule has 0 bridgehead atoms. The summed E-state index contributed by atoms with van der Waals surface area (Å²) in [6.45, 7) is 14.2. The van der Waals surface area contributed by atoms with Crippen molar-refractivity contribution in [2.45, 2.75) is 51.9 Å². The lowest BCUT2D eigenvalue weighted by molar-refractivity contribution is 0.982. The van der Waals surface area contributed by atoms with E-state index in [1.807, 2.05) is 0 Å². The quantitative estimate of drug-likeness (QED) is 0.668. The van der Waals surface area contributed by atoms with Gasteiger partial charge in [0.25, 0.3) is 0 Å². The second-order valence-corrected chi connectivity index (χ2v) is 11.4. The van der Waals surface area contributed by atoms with Crippen LogP contribution in [0.5, 0.6) is 0 Å². The van der Waals surface area contributed by atoms with Crippen molar-refractivity contribution in [1.82, 2.24) is 4.65 Å². The Kier molecular flexibility index (Phi) is 5.30. The molecule has 3 heteroatoms. The smallest absolute Gasteiger partial charge is 0.101 e. The summed E-state index contributed by atoms with van der Waals surface area (Å²) in [7, 11) is -1.16. The molecule has 0 saturated heterocycles. The Labute approximate surface area is 75.0 Å². The van der Waals surface area contributed by atoms with Crippen LogP contribution in [0.15, 0.2) is 0 Å². The van der Waals surface area contributed by atoms with Crippen LogP contribution in [0.25, 0.3) is 0 Å². The van der Waals surface area contributed by atoms with E-state index in [2.05, 4.69) is 45.4 Å². The van der Waals surface area contributed by atoms with Crippen LogP contribution in [0.1, 0.15) is 27.7 Å². The molecule has 0 aliphatic heterocycles. The van der Waals surface area contributed by atoms with Gasteiger partial charge in [-0.1, -0.05) is 40.8 Å². The number of rotatable bonds is 4. The van der Waals surface area contributed by atoms with Gasteiger partial charge in [0, 0.05) is 0 Å². The third-order valence-corrected chi connectivity index (χ3v) is 10.7. The summed E-state index contributed by atoms with van der Waals surface area (Å²) >= 11 is 0. The van der Waals surface area contributed by atoms with Gasteiger partial charge in [-0.05, 0) is 11.1 Å². The summed E-state index contributed by atoms with van der Waals surface area (Å²) in [5, 5.41) is 0. The Balaban J connectivity index is 3.66. The highest BCUT2D eigenvalue weighted by Gasteiger charge is 2.15. The van der Waals surface area contributed by atoms with E-state index in [-0.39, 0.29) is 0 Å². The second kappa shape index (κ2) is 5.11. The van der Waals surface area contributed by atoms with Crippen molar-refractivity contribution in [3.8, 4) is 0 Å². The molecule has 0 aromatic carbocycles. The molecular formula is C8H23NSi2. The molecule has 0 aliphatic rings. The normalized spacial score (nSPS) is 17.5. The van der Waals surface area contributed by atoms with Crippen molar-refractivity contribution >= 4 is 17.9 Å². The Morgan fingerprint density at radius 2 is 1.09 bits per heavy atom. The summed E-state index contributed by atoms with van der Waals surface area (Å²) in [6.07, 6.45) is 0. The molecule has 0 aliphatic carbocycles. The van der Waals surface area contributed by atoms with Gasteiger partial charge >= 0.3 is 0 Å². The van der Waals surface area contributed by atoms with Crippen LogP contribution < -0.4 is 4.65 Å². The molecule has 2 unspecified atom stereocenters. The average molecular weight is 189 g/mol. The minimum atomic E-state index is -0.578. The van der Waals surface area contributed by atoms with E-state index < -0.39 is 17.9 Å². The van der Waals surface area contributed by atoms with Crippen molar-refractivity contribution in [1.29, 1.82) is 0 Å². The molecule has 0 aromatic rings. The largest absolute Gasteiger partial charge is 0.364 e. The highest BCUT2D eigenvalue weighted by atomic mass is 28.3. The van der Waals surface area contributed by atoms with Gasteiger partial charge in [-0.3, -0.25) is 0 Å². The fraction of sp³-hybridized carbons (Fsp3) is 1.00. The molecule has 0 saturated carbocycles. The predicted octanol–water partition coefficient (Wildman–Crippen LogP) is 2.10. The van der Waals surface area contributed by atoms with Gasteiger partial charge in [0.05, 0.1) is 0 Å². The highest BCUT2D eigenvalue weighted by molar-refractivity contribution is 6.73. The Morgan fingerprint density at radius 3 is 1.27 bits per heavy atom. The number of hydrogen-bond donors (Lipinski definition) is 1. The first-order valence-electron chi connectivity index (χ1n) is 4.71. The maximum absolute atomic E-state index is 3.86. The molecule has 1 nitrogen and oxygen atoms in total. The van der Waals surface area contributed by atoms with Gasteiger partial charge in [0.2, 0.25) is 0 Å². The van der Waals surface area contributed by atoms with E-state index in [0.29, 0.717) is 0 Å². The van der Waals surface area contributed by atoms with Crippen LogP contribution in [0.3, 0.4) is 0 Å². The van der Waals surface area contributed by atoms with Gasteiger partial charge in [-0.2, -0.15) is 0 Å². The van der Waals surface area contributed by atoms with E-state index in [0.717, 1.165) is 11.1 Å². The molecule has 0 radical (unpaired) electrons. The van der Waals surface area contributed by atoms with Gasteiger partial charge in [-0.25, -0.2) is 0 Å². The SMILES string of the molecule is CC(C)[SiH](C)N[SiH](C)C(C)C. The monoisotopic (exact) mass is 189 g/mol. The van der Waals surface area contributed by atoms with Crippen LogP contribution in [0.4, 0.5) is 0 Å². The zero-order valence-corrected chi connectivity index (χ0v) is 11.1. The number of nitrogens with one attached hydrogen (secondary N) is 1. The maximum Gasteiger partial charge on any atom is 0.101 e. The van der Waals surface area contributed by atoms with Crippen molar-refractivity contribution in [3.63, 3.8) is 0 Å². The zero-order chi connectivity index (χ0) is 9.02. The van der Waals surface area contributed by atoms with E-state index >= 15 is 0 Å². The first kappa shape index (κ1) is 11.4. The van der Waals surface area contributed by atoms with Gasteiger partial charge in [-0.15, -0.1) is 0 Å². The molecule has 0 fully saturated rings. The molecule has 68 valence electrons. The maximum atomic E-state index is 3.86. The highest BCUT2D eigenvalue weighted by Crippen LogP contribution is 2.09. The summed E-state index contributed by atoms with van der Waals surface area (Å²) in [6, 6.07) is 0. The lowest BCUT2D eigenvalue weighted by Crippen LogP contribution is -2.44. The fourth-order valence-electron chi connectivity index (χ4n) is 0.800. The molecular weight excluding hydrogens is 166 g/mol. The summed E-state index contributed by atoms with van der Waals surface area (Å²) in [5.74, 6) is 0. The molecule has 0 aromatic heterocycles. The lowest BCUT2D eigenvalue weighted by atomic mass is 10.6. The number of hydrogen-bond acceptors (Lipinski definition) is 1. The summed E-state index contributed by atoms with van der Waals surface area (Å²) < 4.78 is 3.86. The van der Waals surface area contributed by atoms with Crippen molar-refractivity contribution < 1.29 is 0 Å². The van der Waals surface area contributed by atoms with Crippen LogP contribution >= 0.6 is 0 Å². The van der Waals surface area contributed by atoms with Crippen molar-refractivity contribution in [2.24, 2.45) is 0 Å². The topological polar surface area (TPSA) is 12.0 Å². The Morgan fingerprint density at radius 1 is 0.818 bits per heavy atom. The van der Waals surface area contributed by atoms with Crippen LogP contribution in [0.2, 0.25) is 24.2 Å². The molecule has 1 N–H and O–H groups in total. The summed E-state index contributed by atoms with van der Waals surface area (Å²) in [4.78, 5) is 0. The predicted molar refractivity (Wildman–Crippen MR) is 59.4 cm³/mol. The van der Waals surface area contributed by atoms with E-state index in [9.17, 15) is 0 Å². The molecule has 0 rings (SSSR count). The van der Waals surface area contributed by atoms with Crippen LogP contribution in [-0.2, 0) is 0 Å². The third kappa shape index (κ3) is 4.77. The minimum Gasteiger partial charge on any atom is -0.364 e. The lowest BCUT2D eigenvalue weighted by Gasteiger charge is -2.23. The molecule has 0 spiro atoms. The first-order valence-corrected chi connectivity index (χ1v) is 9.51. The van der Waals surface area contributed by atoms with Gasteiger partial charge in [0.15, 0.2) is 0 Å². The Bertz CT molecular complexity index is 92.3. The molecule has 2 atom stereocenters. The Hall–Kier alpha value is 0.394. The first-order chi connectivity index (χ1) is 4.95. The summed E-state index contributed by atoms with van der Waals surface area (Å²) in [5.41, 5.74) is 1.81. The van der Waals surface area contributed by atoms with E-state index in [4.69, 9.17) is 0 Å². The molecule has 11 heavy (non-hydrogen) atoms. The van der Waals surface area contributed by atoms with E-state index in [1.165, 1.54) is 0 Å². The molecule has 0 heterocycles. The second-order valence-electron chi connectivity index (χ2n) is 4.23. The van der Waals surface area contributed by atoms with E-state index in [1.54, 1.807) is 0 Å². The van der Waals surface area contributed by atoms with Crippen LogP contribution in [0, 0.1) is 0 Å². The van der Waals surface area contributed by atoms with Crippen LogP contribution in [-0.4, -0.2) is 17.9 Å². The fourth-order valence-corrected chi connectivity index (χ4v) is 7.20. The van der Waals surface area contributed by atoms with Gasteiger partial charge < -0.3 is 4.65 Å². The minimum absolute atomic E-state index is 0.578. The van der Waals surface area contributed by atoms with Crippen molar-refractivity contribution in [2.75, 3.05) is 0 Å².